The summed E-state index contributed by atoms with van der Waals surface area (Å²) in [7, 11) is 0. The van der Waals surface area contributed by atoms with Crippen LogP contribution < -0.4 is 5.32 Å². The van der Waals surface area contributed by atoms with Gasteiger partial charge in [-0.2, -0.15) is 11.8 Å². The maximum atomic E-state index is 9.88. The molecule has 0 bridgehead atoms. The standard InChI is InChI=1S/C15H31NO2S/c1-12-4-6-15(7-5-12)18-10-14(17)9-16-8-13(2)11-19-3/h12-17H,4-11H2,1-3H3. The highest BCUT2D eigenvalue weighted by Crippen LogP contribution is 2.25. The Hall–Kier alpha value is 0.230. The third-order valence-corrected chi connectivity index (χ3v) is 4.71. The Kier molecular flexibility index (Phi) is 9.12. The van der Waals surface area contributed by atoms with E-state index in [1.165, 1.54) is 18.6 Å². The van der Waals surface area contributed by atoms with Gasteiger partial charge in [0.1, 0.15) is 0 Å². The molecule has 2 unspecified atom stereocenters. The summed E-state index contributed by atoms with van der Waals surface area (Å²) in [6.45, 7) is 6.63. The smallest absolute Gasteiger partial charge is 0.0897 e. The van der Waals surface area contributed by atoms with Crippen LogP contribution in [0.4, 0.5) is 0 Å². The van der Waals surface area contributed by atoms with Gasteiger partial charge >= 0.3 is 0 Å². The molecule has 1 saturated carbocycles. The predicted molar refractivity (Wildman–Crippen MR) is 83.8 cm³/mol. The van der Waals surface area contributed by atoms with Crippen LogP contribution in [-0.2, 0) is 4.74 Å². The van der Waals surface area contributed by atoms with Gasteiger partial charge < -0.3 is 15.2 Å². The maximum absolute atomic E-state index is 9.88. The number of rotatable bonds is 9. The molecule has 114 valence electrons. The van der Waals surface area contributed by atoms with Gasteiger partial charge in [-0.1, -0.05) is 13.8 Å². The van der Waals surface area contributed by atoms with Crippen LogP contribution in [0.5, 0.6) is 0 Å². The van der Waals surface area contributed by atoms with E-state index in [1.54, 1.807) is 0 Å². The Balaban J connectivity index is 2.00. The third kappa shape index (κ3) is 8.18. The van der Waals surface area contributed by atoms with Crippen LogP contribution in [0.3, 0.4) is 0 Å². The molecule has 1 rings (SSSR count). The highest BCUT2D eigenvalue weighted by molar-refractivity contribution is 7.98. The predicted octanol–water partition coefficient (Wildman–Crippen LogP) is 2.53. The lowest BCUT2D eigenvalue weighted by Crippen LogP contribution is -2.35. The molecule has 0 aliphatic heterocycles. The summed E-state index contributed by atoms with van der Waals surface area (Å²) < 4.78 is 5.80. The van der Waals surface area contributed by atoms with Gasteiger partial charge in [0.15, 0.2) is 0 Å². The first-order valence-electron chi connectivity index (χ1n) is 7.61. The minimum atomic E-state index is -0.374. The van der Waals surface area contributed by atoms with E-state index in [1.807, 2.05) is 11.8 Å². The number of hydrogen-bond donors (Lipinski definition) is 2. The van der Waals surface area contributed by atoms with Crippen molar-refractivity contribution in [1.29, 1.82) is 0 Å². The Morgan fingerprint density at radius 3 is 2.58 bits per heavy atom. The van der Waals surface area contributed by atoms with Gasteiger partial charge in [-0.05, 0) is 56.1 Å². The first-order valence-corrected chi connectivity index (χ1v) is 9.00. The zero-order valence-electron chi connectivity index (χ0n) is 12.7. The second-order valence-corrected chi connectivity index (χ2v) is 7.00. The van der Waals surface area contributed by atoms with E-state index in [4.69, 9.17) is 4.74 Å². The van der Waals surface area contributed by atoms with Crippen molar-refractivity contribution in [3.63, 3.8) is 0 Å². The second-order valence-electron chi connectivity index (χ2n) is 6.09. The van der Waals surface area contributed by atoms with Crippen molar-refractivity contribution in [3.05, 3.63) is 0 Å². The van der Waals surface area contributed by atoms with E-state index < -0.39 is 0 Å². The van der Waals surface area contributed by atoms with Crippen molar-refractivity contribution in [1.82, 2.24) is 5.32 Å². The molecule has 0 heterocycles. The summed E-state index contributed by atoms with van der Waals surface area (Å²) in [5.74, 6) is 2.67. The van der Waals surface area contributed by atoms with E-state index in [0.717, 1.165) is 25.3 Å². The molecule has 0 spiro atoms. The molecule has 0 saturated heterocycles. The fraction of sp³-hybridized carbons (Fsp3) is 1.00. The molecule has 1 fully saturated rings. The summed E-state index contributed by atoms with van der Waals surface area (Å²) in [5.41, 5.74) is 0. The van der Waals surface area contributed by atoms with Crippen molar-refractivity contribution < 1.29 is 9.84 Å². The van der Waals surface area contributed by atoms with Crippen LogP contribution in [0.1, 0.15) is 39.5 Å². The topological polar surface area (TPSA) is 41.5 Å². The molecule has 19 heavy (non-hydrogen) atoms. The van der Waals surface area contributed by atoms with Crippen LogP contribution in [0.25, 0.3) is 0 Å². The zero-order chi connectivity index (χ0) is 14.1. The summed E-state index contributed by atoms with van der Waals surface area (Å²) >= 11 is 1.87. The molecule has 2 N–H and O–H groups in total. The lowest BCUT2D eigenvalue weighted by atomic mass is 9.89. The Labute approximate surface area is 122 Å². The Morgan fingerprint density at radius 1 is 1.26 bits per heavy atom. The maximum Gasteiger partial charge on any atom is 0.0897 e. The van der Waals surface area contributed by atoms with Crippen molar-refractivity contribution in [2.75, 3.05) is 31.7 Å². The molecular weight excluding hydrogens is 258 g/mol. The highest BCUT2D eigenvalue weighted by Gasteiger charge is 2.19. The molecule has 3 nitrogen and oxygen atoms in total. The summed E-state index contributed by atoms with van der Waals surface area (Å²) in [6, 6.07) is 0. The number of aliphatic hydroxyl groups excluding tert-OH is 1. The van der Waals surface area contributed by atoms with E-state index in [-0.39, 0.29) is 6.10 Å². The van der Waals surface area contributed by atoms with Gasteiger partial charge in [-0.3, -0.25) is 0 Å². The fourth-order valence-corrected chi connectivity index (χ4v) is 3.23. The molecule has 0 aromatic heterocycles. The number of ether oxygens (including phenoxy) is 1. The van der Waals surface area contributed by atoms with Crippen molar-refractivity contribution in [3.8, 4) is 0 Å². The average Bonchev–Trinajstić information content (AvgIpc) is 2.38. The van der Waals surface area contributed by atoms with E-state index in [0.29, 0.717) is 25.2 Å². The molecule has 0 aromatic rings. The van der Waals surface area contributed by atoms with Crippen molar-refractivity contribution in [2.45, 2.75) is 51.7 Å². The van der Waals surface area contributed by atoms with Crippen molar-refractivity contribution >= 4 is 11.8 Å². The van der Waals surface area contributed by atoms with Crippen LogP contribution in [0.2, 0.25) is 0 Å². The lowest BCUT2D eigenvalue weighted by Gasteiger charge is -2.27. The van der Waals surface area contributed by atoms with Crippen LogP contribution >= 0.6 is 11.8 Å². The van der Waals surface area contributed by atoms with Gasteiger partial charge in [0.2, 0.25) is 0 Å². The van der Waals surface area contributed by atoms with E-state index in [2.05, 4.69) is 25.4 Å². The van der Waals surface area contributed by atoms with Gasteiger partial charge in [-0.15, -0.1) is 0 Å². The molecule has 0 radical (unpaired) electrons. The highest BCUT2D eigenvalue weighted by atomic mass is 32.2. The van der Waals surface area contributed by atoms with E-state index >= 15 is 0 Å². The molecular formula is C15H31NO2S. The van der Waals surface area contributed by atoms with Gasteiger partial charge in [-0.25, -0.2) is 0 Å². The number of aliphatic hydroxyl groups is 1. The van der Waals surface area contributed by atoms with Crippen LogP contribution in [0, 0.1) is 11.8 Å². The normalized spacial score (nSPS) is 27.2. The number of nitrogens with one attached hydrogen (secondary N) is 1. The molecule has 1 aliphatic carbocycles. The quantitative estimate of drug-likeness (QED) is 0.684. The molecule has 0 aromatic carbocycles. The van der Waals surface area contributed by atoms with E-state index in [9.17, 15) is 5.11 Å². The summed E-state index contributed by atoms with van der Waals surface area (Å²) in [6.07, 6.45) is 6.99. The lowest BCUT2D eigenvalue weighted by molar-refractivity contribution is -0.0278. The largest absolute Gasteiger partial charge is 0.389 e. The monoisotopic (exact) mass is 289 g/mol. The van der Waals surface area contributed by atoms with Crippen LogP contribution in [0.15, 0.2) is 0 Å². The minimum absolute atomic E-state index is 0.374. The third-order valence-electron chi connectivity index (χ3n) is 3.81. The van der Waals surface area contributed by atoms with Crippen molar-refractivity contribution in [2.24, 2.45) is 11.8 Å². The molecule has 4 heteroatoms. The van der Waals surface area contributed by atoms with Gasteiger partial charge in [0.25, 0.3) is 0 Å². The number of thioether (sulfide) groups is 1. The summed E-state index contributed by atoms with van der Waals surface area (Å²) in [5, 5.41) is 13.2. The number of hydrogen-bond acceptors (Lipinski definition) is 4. The zero-order valence-corrected chi connectivity index (χ0v) is 13.5. The van der Waals surface area contributed by atoms with Crippen LogP contribution in [-0.4, -0.2) is 49.0 Å². The molecule has 2 atom stereocenters. The average molecular weight is 289 g/mol. The molecule has 1 aliphatic rings. The molecule has 0 amide bonds. The Morgan fingerprint density at radius 2 is 1.95 bits per heavy atom. The first-order chi connectivity index (χ1) is 9.11. The van der Waals surface area contributed by atoms with Gasteiger partial charge in [0.05, 0.1) is 18.8 Å². The second kappa shape index (κ2) is 10.0. The Bertz CT molecular complexity index is 220. The van der Waals surface area contributed by atoms with Gasteiger partial charge in [0, 0.05) is 6.54 Å². The first kappa shape index (κ1) is 17.3. The summed E-state index contributed by atoms with van der Waals surface area (Å²) in [4.78, 5) is 0. The minimum Gasteiger partial charge on any atom is -0.389 e. The fourth-order valence-electron chi connectivity index (χ4n) is 2.54. The SMILES string of the molecule is CSCC(C)CNCC(O)COC1CCC(C)CC1.